The molecule has 0 saturated carbocycles. The van der Waals surface area contributed by atoms with Crippen LogP contribution in [-0.2, 0) is 20.6 Å². The van der Waals surface area contributed by atoms with E-state index in [2.05, 4.69) is 21.2 Å². The summed E-state index contributed by atoms with van der Waals surface area (Å²) in [4.78, 5) is 7.96. The summed E-state index contributed by atoms with van der Waals surface area (Å²) in [5.41, 5.74) is -7.27. The molecule has 14 heteroatoms. The summed E-state index contributed by atoms with van der Waals surface area (Å²) in [6, 6.07) is 14.2. The maximum Gasteiger partial charge on any atom is 0.452 e. The molecule has 160 valence electrons. The Labute approximate surface area is 189 Å². The topological polar surface area (TPSA) is 25.8 Å². The molecule has 0 aliphatic carbocycles. The zero-order valence-corrected chi connectivity index (χ0v) is 19.1. The quantitative estimate of drug-likeness (QED) is 0.197. The van der Waals surface area contributed by atoms with Crippen LogP contribution in [0.25, 0.3) is 20.4 Å². The number of alkyl halides is 6. The molecule has 2 heterocycles. The molecule has 0 bridgehead atoms. The Morgan fingerprint density at radius 3 is 1.83 bits per heavy atom. The van der Waals surface area contributed by atoms with E-state index in [4.69, 9.17) is 0 Å². The fourth-order valence-electron chi connectivity index (χ4n) is 2.00. The molecular formula is C16H8F6N2S6. The van der Waals surface area contributed by atoms with Crippen molar-refractivity contribution in [2.45, 2.75) is 19.7 Å². The lowest BCUT2D eigenvalue weighted by Gasteiger charge is -2.04. The third-order valence-corrected chi connectivity index (χ3v) is 10.3. The Morgan fingerprint density at radius 2 is 1.33 bits per heavy atom. The van der Waals surface area contributed by atoms with Crippen molar-refractivity contribution in [2.24, 2.45) is 0 Å². The van der Waals surface area contributed by atoms with Crippen LogP contribution in [0.1, 0.15) is 0 Å². The predicted octanol–water partition coefficient (Wildman–Crippen LogP) is 7.81. The average molecular weight is 535 g/mol. The number of hydrogen-bond acceptors (Lipinski definition) is 7. The summed E-state index contributed by atoms with van der Waals surface area (Å²) in [6.07, 6.45) is 0. The molecule has 0 N–H and O–H groups in total. The summed E-state index contributed by atoms with van der Waals surface area (Å²) in [6.45, 7) is 0. The van der Waals surface area contributed by atoms with Crippen molar-refractivity contribution in [1.82, 2.24) is 9.97 Å². The van der Waals surface area contributed by atoms with E-state index in [9.17, 15) is 26.3 Å². The van der Waals surface area contributed by atoms with Gasteiger partial charge in [0.1, 0.15) is 0 Å². The molecule has 0 spiro atoms. The molecule has 0 aliphatic rings. The molecule has 30 heavy (non-hydrogen) atoms. The Hall–Kier alpha value is -0.930. The van der Waals surface area contributed by atoms with Crippen molar-refractivity contribution in [3.05, 3.63) is 48.5 Å². The molecule has 0 amide bonds. The van der Waals surface area contributed by atoms with Crippen LogP contribution < -0.4 is 0 Å². The van der Waals surface area contributed by atoms with Gasteiger partial charge in [-0.25, -0.2) is 9.97 Å². The van der Waals surface area contributed by atoms with Crippen LogP contribution >= 0.6 is 44.3 Å². The molecule has 2 nitrogen and oxygen atoms in total. The zero-order chi connectivity index (χ0) is 21.9. The number of para-hydroxylation sites is 2. The first-order valence-electron chi connectivity index (χ1n) is 7.65. The SMILES string of the molecule is FC(F)(F)S(=S)c1nc2ccccc2s1.FC(F)(F)SSc1nc2ccccc2s1. The van der Waals surface area contributed by atoms with Gasteiger partial charge in [0, 0.05) is 20.2 Å². The first-order chi connectivity index (χ1) is 14.0. The van der Waals surface area contributed by atoms with Crippen LogP contribution in [-0.4, -0.2) is 21.0 Å². The molecule has 2 aromatic heterocycles. The number of thiazole rings is 2. The molecule has 0 radical (unpaired) electrons. The van der Waals surface area contributed by atoms with Crippen LogP contribution in [0, 0.1) is 0 Å². The molecule has 4 rings (SSSR count). The largest absolute Gasteiger partial charge is 0.452 e. The Kier molecular flexibility index (Phi) is 7.66. The maximum absolute atomic E-state index is 12.3. The maximum atomic E-state index is 12.3. The number of benzene rings is 2. The second kappa shape index (κ2) is 9.69. The predicted molar refractivity (Wildman–Crippen MR) is 118 cm³/mol. The highest BCUT2D eigenvalue weighted by Crippen LogP contribution is 2.45. The van der Waals surface area contributed by atoms with E-state index in [1.807, 2.05) is 18.2 Å². The molecule has 1 unspecified atom stereocenters. The molecule has 0 aliphatic heterocycles. The molecular weight excluding hydrogens is 527 g/mol. The number of nitrogens with zero attached hydrogens (tertiary/aromatic N) is 2. The molecule has 0 fully saturated rings. The number of rotatable bonds is 3. The van der Waals surface area contributed by atoms with Crippen LogP contribution in [0.15, 0.2) is 57.2 Å². The minimum Gasteiger partial charge on any atom is -0.229 e. The van der Waals surface area contributed by atoms with Crippen molar-refractivity contribution >= 4 is 85.3 Å². The Balaban J connectivity index is 0.000000171. The van der Waals surface area contributed by atoms with E-state index in [0.717, 1.165) is 26.3 Å². The van der Waals surface area contributed by atoms with Crippen molar-refractivity contribution in [3.8, 4) is 0 Å². The highest BCUT2D eigenvalue weighted by Gasteiger charge is 2.36. The fraction of sp³-hybridized carbons (Fsp3) is 0.125. The Morgan fingerprint density at radius 1 is 0.800 bits per heavy atom. The third kappa shape index (κ3) is 6.53. The molecule has 2 aromatic carbocycles. The molecule has 1 atom stereocenters. The number of fused-ring (bicyclic) bond motifs is 2. The number of halogens is 6. The van der Waals surface area contributed by atoms with Crippen molar-refractivity contribution in [2.75, 3.05) is 0 Å². The van der Waals surface area contributed by atoms with Gasteiger partial charge >= 0.3 is 11.0 Å². The normalized spacial score (nSPS) is 13.3. The van der Waals surface area contributed by atoms with Gasteiger partial charge in [-0.1, -0.05) is 24.3 Å². The van der Waals surface area contributed by atoms with E-state index in [-0.39, 0.29) is 15.1 Å². The lowest BCUT2D eigenvalue weighted by Crippen LogP contribution is -2.14. The summed E-state index contributed by atoms with van der Waals surface area (Å²) >= 11 is 6.71. The van der Waals surface area contributed by atoms with Crippen molar-refractivity contribution in [1.29, 1.82) is 0 Å². The average Bonchev–Trinajstić information content (AvgIpc) is 3.28. The zero-order valence-electron chi connectivity index (χ0n) is 14.2. The first-order valence-corrected chi connectivity index (χ1v) is 13.6. The van der Waals surface area contributed by atoms with Crippen molar-refractivity contribution in [3.63, 3.8) is 0 Å². The lowest BCUT2D eigenvalue weighted by molar-refractivity contribution is -0.0348. The van der Waals surface area contributed by atoms with Crippen LogP contribution in [0.5, 0.6) is 0 Å². The van der Waals surface area contributed by atoms with Gasteiger partial charge in [0.25, 0.3) is 0 Å². The minimum atomic E-state index is -4.37. The minimum absolute atomic E-state index is 0.0290. The third-order valence-electron chi connectivity index (χ3n) is 3.12. The highest BCUT2D eigenvalue weighted by molar-refractivity contribution is 8.77. The van der Waals surface area contributed by atoms with E-state index >= 15 is 0 Å². The van der Waals surface area contributed by atoms with Crippen LogP contribution in [0.4, 0.5) is 26.3 Å². The van der Waals surface area contributed by atoms with Gasteiger partial charge in [-0.3, -0.25) is 0 Å². The van der Waals surface area contributed by atoms with Gasteiger partial charge in [-0.2, -0.15) is 26.3 Å². The van der Waals surface area contributed by atoms with E-state index in [1.54, 1.807) is 30.3 Å². The highest BCUT2D eigenvalue weighted by atomic mass is 33.1. The van der Waals surface area contributed by atoms with Gasteiger partial charge in [-0.05, 0) is 46.2 Å². The molecule has 0 saturated heterocycles. The van der Waals surface area contributed by atoms with Gasteiger partial charge in [0.05, 0.1) is 20.4 Å². The summed E-state index contributed by atoms with van der Waals surface area (Å²) < 4.78 is 74.8. The summed E-state index contributed by atoms with van der Waals surface area (Å²) in [7, 11) is -1.67. The van der Waals surface area contributed by atoms with Gasteiger partial charge < -0.3 is 0 Å². The first kappa shape index (κ1) is 23.7. The second-order valence-electron chi connectivity index (χ2n) is 5.22. The van der Waals surface area contributed by atoms with E-state index in [0.29, 0.717) is 20.7 Å². The van der Waals surface area contributed by atoms with Gasteiger partial charge in [0.2, 0.25) is 0 Å². The van der Waals surface area contributed by atoms with Crippen LogP contribution in [0.3, 0.4) is 0 Å². The monoisotopic (exact) mass is 534 g/mol. The number of aromatic nitrogens is 2. The number of hydrogen-bond donors (Lipinski definition) is 0. The standard InChI is InChI=1S/2C8H4F3NS3/c9-8(10,11)15(13)7-12-5-3-1-2-4-6(5)14-7;9-8(10,11)15-14-7-12-5-3-1-2-4-6(5)13-7/h2*1-4H. The fourth-order valence-corrected chi connectivity index (χ4v) is 6.97. The molecule has 4 aromatic rings. The Bertz CT molecular complexity index is 1100. The summed E-state index contributed by atoms with van der Waals surface area (Å²) in [5, 5.41) is 0. The van der Waals surface area contributed by atoms with E-state index in [1.165, 1.54) is 11.3 Å². The van der Waals surface area contributed by atoms with Crippen molar-refractivity contribution < 1.29 is 26.3 Å². The smallest absolute Gasteiger partial charge is 0.229 e. The van der Waals surface area contributed by atoms with Crippen LogP contribution in [0.2, 0.25) is 0 Å². The van der Waals surface area contributed by atoms with Gasteiger partial charge in [0.15, 0.2) is 8.68 Å². The summed E-state index contributed by atoms with van der Waals surface area (Å²) in [5.74, 6) is 0. The van der Waals surface area contributed by atoms with E-state index < -0.39 is 20.5 Å². The second-order valence-corrected chi connectivity index (χ2v) is 12.4. The lowest BCUT2D eigenvalue weighted by atomic mass is 10.3. The van der Waals surface area contributed by atoms with Gasteiger partial charge in [-0.15, -0.1) is 22.7 Å².